The minimum absolute atomic E-state index is 0.374. The first kappa shape index (κ1) is 19.7. The molecule has 0 saturated heterocycles. The number of nitrogens with zero attached hydrogens (tertiary/aromatic N) is 1. The van der Waals surface area contributed by atoms with Crippen LogP contribution in [0.4, 0.5) is 0 Å². The molecule has 1 amide bonds. The predicted molar refractivity (Wildman–Crippen MR) is 108 cm³/mol. The van der Waals surface area contributed by atoms with Crippen LogP contribution in [-0.2, 0) is 20.1 Å². The zero-order valence-corrected chi connectivity index (χ0v) is 16.5. The fourth-order valence-electron chi connectivity index (χ4n) is 3.30. The van der Waals surface area contributed by atoms with Crippen LogP contribution in [0.2, 0.25) is 0 Å². The van der Waals surface area contributed by atoms with Gasteiger partial charge >= 0.3 is 5.97 Å². The standard InChI is InChI=1S/C22H20N2O3S/c1-14-7-6-8-15(11-14)13-28-21-17(12-23)18(16-9-4-3-5-10-16)19(20(25)24-21)22(26)27-2/h3-11,18-19H,13H2,1-2H3,(H,24,25)/t18-,19+/m0/s1. The summed E-state index contributed by atoms with van der Waals surface area (Å²) in [6.45, 7) is 2.02. The molecule has 0 aliphatic carbocycles. The molecule has 142 valence electrons. The SMILES string of the molecule is COC(=O)[C@H]1C(=O)NC(SCc2cccc(C)c2)=C(C#N)[C@@H]1c1ccccc1. The second-order valence-corrected chi connectivity index (χ2v) is 7.50. The summed E-state index contributed by atoms with van der Waals surface area (Å²) in [5, 5.41) is 13.1. The molecule has 3 rings (SSSR count). The van der Waals surface area contributed by atoms with E-state index in [-0.39, 0.29) is 0 Å². The lowest BCUT2D eigenvalue weighted by atomic mass is 9.78. The van der Waals surface area contributed by atoms with Crippen LogP contribution in [0, 0.1) is 24.2 Å². The number of nitrogens with one attached hydrogen (secondary N) is 1. The van der Waals surface area contributed by atoms with Crippen molar-refractivity contribution in [1.82, 2.24) is 5.32 Å². The first-order chi connectivity index (χ1) is 13.5. The van der Waals surface area contributed by atoms with Crippen LogP contribution in [-0.4, -0.2) is 19.0 Å². The van der Waals surface area contributed by atoms with Gasteiger partial charge in [-0.05, 0) is 18.1 Å². The molecule has 0 unspecified atom stereocenters. The first-order valence-electron chi connectivity index (χ1n) is 8.81. The summed E-state index contributed by atoms with van der Waals surface area (Å²) in [5.41, 5.74) is 3.35. The molecule has 0 bridgehead atoms. The van der Waals surface area contributed by atoms with Gasteiger partial charge in [-0.2, -0.15) is 5.26 Å². The minimum atomic E-state index is -1.09. The van der Waals surface area contributed by atoms with Gasteiger partial charge in [0.1, 0.15) is 5.92 Å². The molecule has 1 aliphatic rings. The third-order valence-corrected chi connectivity index (χ3v) is 5.70. The van der Waals surface area contributed by atoms with Crippen LogP contribution in [0.3, 0.4) is 0 Å². The molecule has 1 aliphatic heterocycles. The number of hydrogen-bond acceptors (Lipinski definition) is 5. The molecular formula is C22H20N2O3S. The van der Waals surface area contributed by atoms with Crippen LogP contribution >= 0.6 is 11.8 Å². The van der Waals surface area contributed by atoms with Gasteiger partial charge in [0.15, 0.2) is 0 Å². The smallest absolute Gasteiger partial charge is 0.319 e. The number of methoxy groups -OCH3 is 1. The van der Waals surface area contributed by atoms with Crippen LogP contribution in [0.1, 0.15) is 22.6 Å². The Labute approximate surface area is 168 Å². The number of aryl methyl sites for hydroxylation is 1. The molecule has 1 N–H and O–H groups in total. The molecule has 0 aromatic heterocycles. The van der Waals surface area contributed by atoms with Gasteiger partial charge in [0.25, 0.3) is 0 Å². The quantitative estimate of drug-likeness (QED) is 0.620. The van der Waals surface area contributed by atoms with Crippen molar-refractivity contribution in [2.75, 3.05) is 7.11 Å². The van der Waals surface area contributed by atoms with E-state index in [2.05, 4.69) is 17.5 Å². The normalized spacial score (nSPS) is 19.0. The van der Waals surface area contributed by atoms with Crippen molar-refractivity contribution in [1.29, 1.82) is 5.26 Å². The van der Waals surface area contributed by atoms with Crippen LogP contribution in [0.15, 0.2) is 65.2 Å². The zero-order valence-electron chi connectivity index (χ0n) is 15.6. The Balaban J connectivity index is 2.00. The van der Waals surface area contributed by atoms with Gasteiger partial charge in [-0.1, -0.05) is 60.2 Å². The fourth-order valence-corrected chi connectivity index (χ4v) is 4.29. The van der Waals surface area contributed by atoms with Crippen LogP contribution in [0.25, 0.3) is 0 Å². The van der Waals surface area contributed by atoms with E-state index in [1.807, 2.05) is 55.5 Å². The van der Waals surface area contributed by atoms with Crippen molar-refractivity contribution in [2.24, 2.45) is 5.92 Å². The molecule has 2 aromatic rings. The maximum Gasteiger partial charge on any atom is 0.319 e. The Bertz CT molecular complexity index is 963. The van der Waals surface area contributed by atoms with Gasteiger partial charge in [-0.25, -0.2) is 0 Å². The minimum Gasteiger partial charge on any atom is -0.468 e. The molecule has 6 heteroatoms. The number of amides is 1. The van der Waals surface area contributed by atoms with E-state index in [1.165, 1.54) is 18.9 Å². The van der Waals surface area contributed by atoms with Gasteiger partial charge in [0, 0.05) is 11.7 Å². The van der Waals surface area contributed by atoms with Crippen molar-refractivity contribution < 1.29 is 14.3 Å². The number of carbonyl (C=O) groups is 2. The number of thioether (sulfide) groups is 1. The maximum atomic E-state index is 12.7. The number of nitriles is 1. The summed E-state index contributed by atoms with van der Waals surface area (Å²) in [7, 11) is 1.25. The highest BCUT2D eigenvalue weighted by atomic mass is 32.2. The second-order valence-electron chi connectivity index (χ2n) is 6.51. The van der Waals surface area contributed by atoms with Crippen molar-refractivity contribution in [3.8, 4) is 6.07 Å². The molecule has 0 spiro atoms. The number of carbonyl (C=O) groups excluding carboxylic acids is 2. The molecule has 28 heavy (non-hydrogen) atoms. The van der Waals surface area contributed by atoms with Gasteiger partial charge in [0.2, 0.25) is 5.91 Å². The van der Waals surface area contributed by atoms with E-state index in [4.69, 9.17) is 4.74 Å². The molecule has 1 heterocycles. The fraction of sp³-hybridized carbons (Fsp3) is 0.227. The molecular weight excluding hydrogens is 372 g/mol. The molecule has 5 nitrogen and oxygen atoms in total. The van der Waals surface area contributed by atoms with Crippen molar-refractivity contribution >= 4 is 23.6 Å². The lowest BCUT2D eigenvalue weighted by Crippen LogP contribution is -2.44. The van der Waals surface area contributed by atoms with Crippen molar-refractivity contribution in [2.45, 2.75) is 18.6 Å². The third kappa shape index (κ3) is 4.10. The monoisotopic (exact) mass is 392 g/mol. The van der Waals surface area contributed by atoms with E-state index < -0.39 is 23.7 Å². The van der Waals surface area contributed by atoms with Crippen LogP contribution < -0.4 is 5.32 Å². The Morgan fingerprint density at radius 2 is 1.96 bits per heavy atom. The largest absolute Gasteiger partial charge is 0.468 e. The third-order valence-electron chi connectivity index (χ3n) is 4.61. The van der Waals surface area contributed by atoms with E-state index in [1.54, 1.807) is 0 Å². The number of rotatable bonds is 5. The summed E-state index contributed by atoms with van der Waals surface area (Å²) in [4.78, 5) is 25.1. The number of benzene rings is 2. The van der Waals surface area contributed by atoms with Crippen molar-refractivity contribution in [3.63, 3.8) is 0 Å². The van der Waals surface area contributed by atoms with Crippen LogP contribution in [0.5, 0.6) is 0 Å². The Kier molecular flexibility index (Phi) is 6.17. The van der Waals surface area contributed by atoms with Gasteiger partial charge in [0.05, 0.1) is 23.8 Å². The molecule has 0 radical (unpaired) electrons. The Morgan fingerprint density at radius 1 is 1.21 bits per heavy atom. The lowest BCUT2D eigenvalue weighted by Gasteiger charge is -2.31. The first-order valence-corrected chi connectivity index (χ1v) is 9.80. The summed E-state index contributed by atoms with van der Waals surface area (Å²) in [5.74, 6) is -2.27. The molecule has 0 saturated carbocycles. The Hall–Kier alpha value is -3.04. The highest BCUT2D eigenvalue weighted by Gasteiger charge is 2.44. The highest BCUT2D eigenvalue weighted by Crippen LogP contribution is 2.40. The number of hydrogen-bond donors (Lipinski definition) is 1. The van der Waals surface area contributed by atoms with Gasteiger partial charge in [-0.3, -0.25) is 9.59 Å². The summed E-state index contributed by atoms with van der Waals surface area (Å²) < 4.78 is 4.84. The van der Waals surface area contributed by atoms with E-state index in [0.717, 1.165) is 16.7 Å². The van der Waals surface area contributed by atoms with Crippen molar-refractivity contribution in [3.05, 3.63) is 81.9 Å². The summed E-state index contributed by atoms with van der Waals surface area (Å²) >= 11 is 1.39. The average Bonchev–Trinajstić information content (AvgIpc) is 2.71. The maximum absolute atomic E-state index is 12.7. The average molecular weight is 392 g/mol. The van der Waals surface area contributed by atoms with Gasteiger partial charge < -0.3 is 10.1 Å². The number of allylic oxidation sites excluding steroid dienone is 1. The van der Waals surface area contributed by atoms with E-state index in [0.29, 0.717) is 16.4 Å². The summed E-state index contributed by atoms with van der Waals surface area (Å²) in [6.07, 6.45) is 0. The summed E-state index contributed by atoms with van der Waals surface area (Å²) in [6, 6.07) is 19.4. The zero-order chi connectivity index (χ0) is 20.1. The van der Waals surface area contributed by atoms with E-state index in [9.17, 15) is 14.9 Å². The molecule has 0 fully saturated rings. The Morgan fingerprint density at radius 3 is 2.61 bits per heavy atom. The van der Waals surface area contributed by atoms with E-state index >= 15 is 0 Å². The number of ether oxygens (including phenoxy) is 1. The lowest BCUT2D eigenvalue weighted by molar-refractivity contribution is -0.150. The topological polar surface area (TPSA) is 79.2 Å². The second kappa shape index (κ2) is 8.77. The van der Waals surface area contributed by atoms with Gasteiger partial charge in [-0.15, -0.1) is 11.8 Å². The molecule has 2 atom stereocenters. The number of esters is 1. The predicted octanol–water partition coefficient (Wildman–Crippen LogP) is 3.67. The molecule has 2 aromatic carbocycles. The highest BCUT2D eigenvalue weighted by molar-refractivity contribution is 8.02.